The van der Waals surface area contributed by atoms with E-state index >= 15 is 0 Å². The van der Waals surface area contributed by atoms with Gasteiger partial charge in [-0.3, -0.25) is 0 Å². The van der Waals surface area contributed by atoms with Gasteiger partial charge in [0, 0.05) is 20.9 Å². The summed E-state index contributed by atoms with van der Waals surface area (Å²) < 4.78 is 13.9. The van der Waals surface area contributed by atoms with Crippen LogP contribution in [0.25, 0.3) is 11.1 Å². The Bertz CT molecular complexity index is 887. The Kier molecular flexibility index (Phi) is 2.82. The Morgan fingerprint density at radius 3 is 2.19 bits per heavy atom. The van der Waals surface area contributed by atoms with Gasteiger partial charge in [-0.1, -0.05) is 66.2 Å². The first-order chi connectivity index (χ1) is 10.2. The van der Waals surface area contributed by atoms with Gasteiger partial charge in [-0.2, -0.15) is 0 Å². The van der Waals surface area contributed by atoms with Gasteiger partial charge in [-0.15, -0.1) is 0 Å². The maximum absolute atomic E-state index is 13.9. The lowest BCUT2D eigenvalue weighted by Crippen LogP contribution is -2.20. The lowest BCUT2D eigenvalue weighted by atomic mass is 10.1. The van der Waals surface area contributed by atoms with Crippen LogP contribution in [0.5, 0.6) is 0 Å². The summed E-state index contributed by atoms with van der Waals surface area (Å²) >= 11 is 6.14. The van der Waals surface area contributed by atoms with Crippen molar-refractivity contribution in [2.24, 2.45) is 0 Å². The molecule has 3 aromatic rings. The van der Waals surface area contributed by atoms with Crippen molar-refractivity contribution in [2.45, 2.75) is 0 Å². The maximum atomic E-state index is 13.9. The van der Waals surface area contributed by atoms with Gasteiger partial charge < -0.3 is 4.57 Å². The minimum Gasteiger partial charge on any atom is -0.309 e. The van der Waals surface area contributed by atoms with Gasteiger partial charge in [0.05, 0.1) is 0 Å². The molecule has 0 aliphatic carbocycles. The fraction of sp³-hybridized carbons (Fsp3) is 0. The number of hydrogen-bond acceptors (Lipinski definition) is 1. The van der Waals surface area contributed by atoms with Crippen LogP contribution in [0.1, 0.15) is 0 Å². The van der Waals surface area contributed by atoms with Crippen LogP contribution < -0.4 is 15.9 Å². The summed E-state index contributed by atoms with van der Waals surface area (Å²) in [6, 6.07) is 23.3. The third-order valence-electron chi connectivity index (χ3n) is 3.95. The summed E-state index contributed by atoms with van der Waals surface area (Å²) in [6.45, 7) is 0. The van der Waals surface area contributed by atoms with Gasteiger partial charge in [0.25, 0.3) is 0 Å². The van der Waals surface area contributed by atoms with Crippen LogP contribution in [0.4, 0.5) is 0 Å². The molecule has 102 valence electrons. The van der Waals surface area contributed by atoms with E-state index in [0.29, 0.717) is 5.02 Å². The molecular weight excluding hydrogens is 299 g/mol. The highest BCUT2D eigenvalue weighted by atomic mass is 35.5. The molecular formula is C18H12ClOP. The minimum absolute atomic E-state index is 0.671. The Morgan fingerprint density at radius 2 is 1.38 bits per heavy atom. The fourth-order valence-corrected chi connectivity index (χ4v) is 6.24. The van der Waals surface area contributed by atoms with E-state index in [1.54, 1.807) is 0 Å². The zero-order chi connectivity index (χ0) is 14.4. The molecule has 1 heterocycles. The van der Waals surface area contributed by atoms with Crippen molar-refractivity contribution in [1.82, 2.24) is 0 Å². The highest BCUT2D eigenvalue weighted by Gasteiger charge is 2.39. The summed E-state index contributed by atoms with van der Waals surface area (Å²) in [5.74, 6) is 0. The summed E-state index contributed by atoms with van der Waals surface area (Å²) in [5.41, 5.74) is 2.02. The molecule has 21 heavy (non-hydrogen) atoms. The van der Waals surface area contributed by atoms with Crippen LogP contribution in [-0.4, -0.2) is 0 Å². The monoisotopic (exact) mass is 310 g/mol. The van der Waals surface area contributed by atoms with Crippen LogP contribution in [0, 0.1) is 0 Å². The van der Waals surface area contributed by atoms with Gasteiger partial charge in [-0.25, -0.2) is 0 Å². The number of rotatable bonds is 1. The summed E-state index contributed by atoms with van der Waals surface area (Å²) in [7, 11) is -2.78. The molecule has 0 N–H and O–H groups in total. The average molecular weight is 311 g/mol. The average Bonchev–Trinajstić information content (AvgIpc) is 2.79. The zero-order valence-corrected chi connectivity index (χ0v) is 12.8. The standard InChI is InChI=1S/C18H12ClOP/c19-13-10-11-18-16(12-13)15-8-4-5-9-17(15)21(18,20)14-6-2-1-3-7-14/h1-12H/t21-/m1/s1. The Morgan fingerprint density at radius 1 is 0.714 bits per heavy atom. The maximum Gasteiger partial charge on any atom is 0.172 e. The first-order valence-electron chi connectivity index (χ1n) is 6.77. The molecule has 3 aromatic carbocycles. The molecule has 0 aromatic heterocycles. The number of hydrogen-bond donors (Lipinski definition) is 0. The molecule has 1 aliphatic rings. The van der Waals surface area contributed by atoms with Gasteiger partial charge in [-0.05, 0) is 29.3 Å². The molecule has 0 saturated heterocycles. The van der Waals surface area contributed by atoms with Crippen LogP contribution in [0.2, 0.25) is 5.02 Å². The van der Waals surface area contributed by atoms with Crippen molar-refractivity contribution in [3.63, 3.8) is 0 Å². The second-order valence-corrected chi connectivity index (χ2v) is 8.26. The van der Waals surface area contributed by atoms with Crippen LogP contribution in [-0.2, 0) is 4.57 Å². The second-order valence-electron chi connectivity index (χ2n) is 5.12. The van der Waals surface area contributed by atoms with Gasteiger partial charge in [0.1, 0.15) is 0 Å². The quantitative estimate of drug-likeness (QED) is 0.486. The molecule has 0 saturated carbocycles. The summed E-state index contributed by atoms with van der Waals surface area (Å²) in [6.07, 6.45) is 0. The van der Waals surface area contributed by atoms with Crippen molar-refractivity contribution < 1.29 is 4.57 Å². The largest absolute Gasteiger partial charge is 0.309 e. The van der Waals surface area contributed by atoms with Gasteiger partial charge >= 0.3 is 0 Å². The molecule has 1 aliphatic heterocycles. The number of fused-ring (bicyclic) bond motifs is 3. The second kappa shape index (κ2) is 4.59. The van der Waals surface area contributed by atoms with E-state index in [-0.39, 0.29) is 0 Å². The van der Waals surface area contributed by atoms with Crippen LogP contribution in [0.3, 0.4) is 0 Å². The van der Waals surface area contributed by atoms with Crippen molar-refractivity contribution in [1.29, 1.82) is 0 Å². The zero-order valence-electron chi connectivity index (χ0n) is 11.2. The van der Waals surface area contributed by atoms with Crippen LogP contribution >= 0.6 is 18.7 Å². The van der Waals surface area contributed by atoms with Crippen molar-refractivity contribution in [2.75, 3.05) is 0 Å². The first kappa shape index (κ1) is 12.9. The molecule has 1 atom stereocenters. The van der Waals surface area contributed by atoms with E-state index in [9.17, 15) is 4.57 Å². The molecule has 0 bridgehead atoms. The van der Waals surface area contributed by atoms with E-state index in [0.717, 1.165) is 27.0 Å². The van der Waals surface area contributed by atoms with E-state index in [4.69, 9.17) is 11.6 Å². The predicted molar refractivity (Wildman–Crippen MR) is 89.8 cm³/mol. The molecule has 0 unspecified atom stereocenters. The fourth-order valence-electron chi connectivity index (χ4n) is 3.02. The highest BCUT2D eigenvalue weighted by molar-refractivity contribution is 7.86. The van der Waals surface area contributed by atoms with Crippen molar-refractivity contribution in [3.8, 4) is 11.1 Å². The van der Waals surface area contributed by atoms with Crippen LogP contribution in [0.15, 0.2) is 72.8 Å². The topological polar surface area (TPSA) is 17.1 Å². The van der Waals surface area contributed by atoms with Gasteiger partial charge in [0.2, 0.25) is 0 Å². The Labute approximate surface area is 128 Å². The van der Waals surface area contributed by atoms with E-state index in [1.165, 1.54) is 0 Å². The molecule has 0 fully saturated rings. The molecule has 1 nitrogen and oxygen atoms in total. The predicted octanol–water partition coefficient (Wildman–Crippen LogP) is 3.96. The van der Waals surface area contributed by atoms with E-state index in [2.05, 4.69) is 0 Å². The lowest BCUT2D eigenvalue weighted by molar-refractivity contribution is 0.593. The Hall–Kier alpha value is -1.82. The SMILES string of the molecule is O=[P@]1(c2ccccc2)c2ccccc2-c2cc(Cl)ccc21. The number of halogens is 1. The highest BCUT2D eigenvalue weighted by Crippen LogP contribution is 2.52. The lowest BCUT2D eigenvalue weighted by Gasteiger charge is -2.15. The molecule has 0 radical (unpaired) electrons. The number of benzene rings is 3. The Balaban J connectivity index is 2.13. The molecule has 0 spiro atoms. The van der Waals surface area contributed by atoms with E-state index in [1.807, 2.05) is 72.8 Å². The smallest absolute Gasteiger partial charge is 0.172 e. The third-order valence-corrected chi connectivity index (χ3v) is 7.35. The van der Waals surface area contributed by atoms with Crippen molar-refractivity contribution in [3.05, 3.63) is 77.8 Å². The molecule has 3 heteroatoms. The van der Waals surface area contributed by atoms with Gasteiger partial charge in [0.15, 0.2) is 7.14 Å². The minimum atomic E-state index is -2.78. The van der Waals surface area contributed by atoms with Crippen molar-refractivity contribution >= 4 is 34.7 Å². The van der Waals surface area contributed by atoms with E-state index < -0.39 is 7.14 Å². The first-order valence-corrected chi connectivity index (χ1v) is 8.85. The summed E-state index contributed by atoms with van der Waals surface area (Å²) in [4.78, 5) is 0. The summed E-state index contributed by atoms with van der Waals surface area (Å²) in [5, 5.41) is 3.34. The normalized spacial score (nSPS) is 19.1. The molecule has 0 amide bonds. The molecule has 4 rings (SSSR count). The third kappa shape index (κ3) is 1.75.